The van der Waals surface area contributed by atoms with Gasteiger partial charge in [0, 0.05) is 23.6 Å². The topological polar surface area (TPSA) is 38.3 Å². The van der Waals surface area contributed by atoms with Gasteiger partial charge in [0.05, 0.1) is 0 Å². The van der Waals surface area contributed by atoms with Gasteiger partial charge in [-0.2, -0.15) is 22.0 Å². The lowest BCUT2D eigenvalue weighted by Crippen LogP contribution is -2.50. The summed E-state index contributed by atoms with van der Waals surface area (Å²) in [5.74, 6) is -0.895. The fraction of sp³-hybridized carbons (Fsp3) is 0.588. The molecule has 0 radical (unpaired) electrons. The second-order valence-electron chi connectivity index (χ2n) is 6.66. The van der Waals surface area contributed by atoms with Gasteiger partial charge in [0.1, 0.15) is 5.75 Å². The first kappa shape index (κ1) is 18.1. The molecule has 1 aromatic rings. The molecule has 2 fully saturated rings. The SMILES string of the molecule is O=C(c1ccc(OC(F)(F)C(F)(F)F)cc1)C1CC2CCCC(C1)N2. The number of piperidine rings is 2. The quantitative estimate of drug-likeness (QED) is 0.639. The number of ether oxygens (including phenoxy) is 1. The summed E-state index contributed by atoms with van der Waals surface area (Å²) in [4.78, 5) is 12.6. The summed E-state index contributed by atoms with van der Waals surface area (Å²) in [6.45, 7) is 0. The van der Waals surface area contributed by atoms with Crippen molar-refractivity contribution in [2.75, 3.05) is 0 Å². The highest BCUT2D eigenvalue weighted by Crippen LogP contribution is 2.37. The lowest BCUT2D eigenvalue weighted by Gasteiger charge is -2.39. The summed E-state index contributed by atoms with van der Waals surface area (Å²) < 4.78 is 65.9. The number of carbonyl (C=O) groups excluding carboxylic acids is 1. The van der Waals surface area contributed by atoms with Crippen LogP contribution in [0, 0.1) is 5.92 Å². The molecule has 0 aliphatic carbocycles. The van der Waals surface area contributed by atoms with Crippen LogP contribution in [-0.2, 0) is 0 Å². The summed E-state index contributed by atoms with van der Waals surface area (Å²) in [5, 5.41) is 3.48. The van der Waals surface area contributed by atoms with Crippen LogP contribution in [0.2, 0.25) is 0 Å². The van der Waals surface area contributed by atoms with Gasteiger partial charge in [-0.15, -0.1) is 0 Å². The standard InChI is InChI=1S/C17H18F5NO2/c18-16(19,20)17(21,22)25-14-6-4-10(5-7-14)15(24)11-8-12-2-1-3-13(9-11)23-12/h4-7,11-13,23H,1-3,8-9H2. The van der Waals surface area contributed by atoms with Crippen molar-refractivity contribution in [1.82, 2.24) is 5.32 Å². The van der Waals surface area contributed by atoms with Gasteiger partial charge >= 0.3 is 12.3 Å². The minimum Gasteiger partial charge on any atom is -0.426 e. The summed E-state index contributed by atoms with van der Waals surface area (Å²) in [5.41, 5.74) is 0.299. The average Bonchev–Trinajstić information content (AvgIpc) is 2.53. The Kier molecular flexibility index (Phi) is 4.74. The molecule has 2 heterocycles. The number of ketones is 1. The smallest absolute Gasteiger partial charge is 0.426 e. The Morgan fingerprint density at radius 3 is 2.08 bits per heavy atom. The zero-order chi connectivity index (χ0) is 18.2. The van der Waals surface area contributed by atoms with E-state index in [2.05, 4.69) is 10.1 Å². The maximum absolute atomic E-state index is 12.9. The molecular weight excluding hydrogens is 345 g/mol. The number of rotatable bonds is 4. The number of nitrogens with one attached hydrogen (secondary N) is 1. The van der Waals surface area contributed by atoms with Crippen LogP contribution in [0.15, 0.2) is 24.3 Å². The molecular formula is C17H18F5NO2. The van der Waals surface area contributed by atoms with Crippen LogP contribution in [0.4, 0.5) is 22.0 Å². The van der Waals surface area contributed by atoms with E-state index < -0.39 is 18.0 Å². The number of halogens is 5. The van der Waals surface area contributed by atoms with Gasteiger partial charge in [0.15, 0.2) is 5.78 Å². The molecule has 2 atom stereocenters. The van der Waals surface area contributed by atoms with E-state index in [4.69, 9.17) is 0 Å². The Hall–Kier alpha value is -1.70. The maximum atomic E-state index is 12.9. The number of carbonyl (C=O) groups is 1. The molecule has 0 spiro atoms. The van der Waals surface area contributed by atoms with Crippen LogP contribution in [-0.4, -0.2) is 30.2 Å². The molecule has 0 amide bonds. The largest absolute Gasteiger partial charge is 0.499 e. The number of Topliss-reactive ketones (excluding diaryl/α,β-unsaturated/α-hetero) is 1. The summed E-state index contributed by atoms with van der Waals surface area (Å²) in [6.07, 6.45) is -6.43. The highest BCUT2D eigenvalue weighted by molar-refractivity contribution is 5.98. The van der Waals surface area contributed by atoms with Crippen LogP contribution < -0.4 is 10.1 Å². The highest BCUT2D eigenvalue weighted by atomic mass is 19.4. The summed E-state index contributed by atoms with van der Waals surface area (Å²) in [7, 11) is 0. The van der Waals surface area contributed by atoms with Crippen molar-refractivity contribution in [2.45, 2.75) is 56.5 Å². The first-order valence-corrected chi connectivity index (χ1v) is 8.19. The zero-order valence-electron chi connectivity index (χ0n) is 13.3. The minimum atomic E-state index is -5.80. The van der Waals surface area contributed by atoms with Crippen molar-refractivity contribution in [3.8, 4) is 5.75 Å². The first-order chi connectivity index (χ1) is 11.7. The Labute approximate surface area is 141 Å². The van der Waals surface area contributed by atoms with Crippen molar-refractivity contribution < 1.29 is 31.5 Å². The van der Waals surface area contributed by atoms with Crippen LogP contribution in [0.25, 0.3) is 0 Å². The molecule has 1 aromatic carbocycles. The van der Waals surface area contributed by atoms with E-state index in [1.807, 2.05) is 0 Å². The van der Waals surface area contributed by atoms with E-state index in [9.17, 15) is 26.7 Å². The Balaban J connectivity index is 1.67. The van der Waals surface area contributed by atoms with Crippen molar-refractivity contribution in [3.05, 3.63) is 29.8 Å². The Bertz CT molecular complexity index is 617. The Morgan fingerprint density at radius 1 is 1.00 bits per heavy atom. The van der Waals surface area contributed by atoms with Gasteiger partial charge in [-0.3, -0.25) is 4.79 Å². The van der Waals surface area contributed by atoms with Gasteiger partial charge in [-0.25, -0.2) is 0 Å². The monoisotopic (exact) mass is 363 g/mol. The summed E-state index contributed by atoms with van der Waals surface area (Å²) >= 11 is 0. The van der Waals surface area contributed by atoms with E-state index in [1.165, 1.54) is 12.1 Å². The van der Waals surface area contributed by atoms with Crippen molar-refractivity contribution >= 4 is 5.78 Å². The van der Waals surface area contributed by atoms with Crippen molar-refractivity contribution in [2.24, 2.45) is 5.92 Å². The first-order valence-electron chi connectivity index (χ1n) is 8.19. The molecule has 2 aliphatic rings. The fourth-order valence-electron chi connectivity index (χ4n) is 3.61. The average molecular weight is 363 g/mol. The van der Waals surface area contributed by atoms with Gasteiger partial charge in [0.2, 0.25) is 0 Å². The van der Waals surface area contributed by atoms with Crippen molar-refractivity contribution in [1.29, 1.82) is 0 Å². The number of benzene rings is 1. The van der Waals surface area contributed by atoms with Crippen LogP contribution >= 0.6 is 0 Å². The molecule has 3 rings (SSSR count). The predicted molar refractivity (Wildman–Crippen MR) is 79.7 cm³/mol. The van der Waals surface area contributed by atoms with E-state index in [1.54, 1.807) is 0 Å². The normalized spacial score (nSPS) is 27.0. The number of hydrogen-bond donors (Lipinski definition) is 1. The minimum absolute atomic E-state index is 0.104. The Morgan fingerprint density at radius 2 is 1.56 bits per heavy atom. The van der Waals surface area contributed by atoms with E-state index >= 15 is 0 Å². The third-order valence-electron chi connectivity index (χ3n) is 4.80. The van der Waals surface area contributed by atoms with Crippen LogP contribution in [0.3, 0.4) is 0 Å². The molecule has 0 aromatic heterocycles. The molecule has 1 N–H and O–H groups in total. The lowest BCUT2D eigenvalue weighted by atomic mass is 9.77. The molecule has 2 aliphatic heterocycles. The van der Waals surface area contributed by atoms with Gasteiger partial charge in [-0.05, 0) is 49.9 Å². The molecule has 25 heavy (non-hydrogen) atoms. The molecule has 0 saturated carbocycles. The third-order valence-corrected chi connectivity index (χ3v) is 4.80. The maximum Gasteiger partial charge on any atom is 0.499 e. The van der Waals surface area contributed by atoms with E-state index in [0.717, 1.165) is 44.2 Å². The van der Waals surface area contributed by atoms with Gasteiger partial charge < -0.3 is 10.1 Å². The van der Waals surface area contributed by atoms with Gasteiger partial charge in [0.25, 0.3) is 0 Å². The fourth-order valence-corrected chi connectivity index (χ4v) is 3.61. The van der Waals surface area contributed by atoms with E-state index in [0.29, 0.717) is 17.6 Å². The molecule has 2 saturated heterocycles. The van der Waals surface area contributed by atoms with Crippen molar-refractivity contribution in [3.63, 3.8) is 0 Å². The molecule has 3 nitrogen and oxygen atoms in total. The second kappa shape index (κ2) is 6.55. The number of alkyl halides is 5. The van der Waals surface area contributed by atoms with Crippen LogP contribution in [0.1, 0.15) is 42.5 Å². The molecule has 138 valence electrons. The number of hydrogen-bond acceptors (Lipinski definition) is 3. The highest BCUT2D eigenvalue weighted by Gasteiger charge is 2.61. The number of fused-ring (bicyclic) bond motifs is 2. The lowest BCUT2D eigenvalue weighted by molar-refractivity contribution is -0.360. The predicted octanol–water partition coefficient (Wildman–Crippen LogP) is 4.32. The zero-order valence-corrected chi connectivity index (χ0v) is 13.3. The second-order valence-corrected chi connectivity index (χ2v) is 6.66. The van der Waals surface area contributed by atoms with Crippen LogP contribution in [0.5, 0.6) is 5.75 Å². The molecule has 2 bridgehead atoms. The van der Waals surface area contributed by atoms with E-state index in [-0.39, 0.29) is 11.7 Å². The molecule has 2 unspecified atom stereocenters. The van der Waals surface area contributed by atoms with Gasteiger partial charge in [-0.1, -0.05) is 6.42 Å². The third kappa shape index (κ3) is 3.94. The molecule has 8 heteroatoms. The summed E-state index contributed by atoms with van der Waals surface area (Å²) in [6, 6.07) is 5.04.